The SMILES string of the molecule is CC(O)c1noc(-c2ccc(Br)cc2F)n1. The Morgan fingerprint density at radius 1 is 1.50 bits per heavy atom. The maximum absolute atomic E-state index is 13.5. The van der Waals surface area contributed by atoms with E-state index in [0.717, 1.165) is 0 Å². The number of halogens is 2. The van der Waals surface area contributed by atoms with Crippen LogP contribution in [0.15, 0.2) is 27.2 Å². The first-order chi connectivity index (χ1) is 7.58. The molecule has 0 aliphatic rings. The molecule has 1 N–H and O–H groups in total. The number of aromatic nitrogens is 2. The highest BCUT2D eigenvalue weighted by atomic mass is 79.9. The van der Waals surface area contributed by atoms with Crippen LogP contribution in [0.25, 0.3) is 11.5 Å². The van der Waals surface area contributed by atoms with Gasteiger partial charge in [0.1, 0.15) is 11.9 Å². The van der Waals surface area contributed by atoms with Gasteiger partial charge in [-0.3, -0.25) is 0 Å². The summed E-state index contributed by atoms with van der Waals surface area (Å²) >= 11 is 3.15. The minimum absolute atomic E-state index is 0.0564. The van der Waals surface area contributed by atoms with Crippen LogP contribution in [-0.4, -0.2) is 15.2 Å². The van der Waals surface area contributed by atoms with E-state index < -0.39 is 11.9 Å². The third-order valence-electron chi connectivity index (χ3n) is 1.98. The van der Waals surface area contributed by atoms with Crippen molar-refractivity contribution in [1.29, 1.82) is 0 Å². The van der Waals surface area contributed by atoms with Crippen LogP contribution in [0.3, 0.4) is 0 Å². The van der Waals surface area contributed by atoms with Gasteiger partial charge in [0.05, 0.1) is 5.56 Å². The number of aliphatic hydroxyl groups excluding tert-OH is 1. The molecule has 1 aromatic carbocycles. The third kappa shape index (κ3) is 2.12. The Labute approximate surface area is 99.2 Å². The summed E-state index contributed by atoms with van der Waals surface area (Å²) in [6.07, 6.45) is -0.837. The molecule has 0 aliphatic heterocycles. The average Bonchev–Trinajstić information content (AvgIpc) is 2.66. The highest BCUT2D eigenvalue weighted by Gasteiger charge is 2.15. The van der Waals surface area contributed by atoms with E-state index in [-0.39, 0.29) is 17.3 Å². The summed E-state index contributed by atoms with van der Waals surface area (Å²) in [5.74, 6) is -0.270. The van der Waals surface area contributed by atoms with E-state index in [0.29, 0.717) is 4.47 Å². The number of nitrogens with zero attached hydrogens (tertiary/aromatic N) is 2. The third-order valence-corrected chi connectivity index (χ3v) is 2.47. The van der Waals surface area contributed by atoms with Crippen molar-refractivity contribution in [3.63, 3.8) is 0 Å². The highest BCUT2D eigenvalue weighted by molar-refractivity contribution is 9.10. The van der Waals surface area contributed by atoms with Gasteiger partial charge >= 0.3 is 0 Å². The fourth-order valence-electron chi connectivity index (χ4n) is 1.18. The predicted molar refractivity (Wildman–Crippen MR) is 58.0 cm³/mol. The zero-order valence-corrected chi connectivity index (χ0v) is 9.90. The van der Waals surface area contributed by atoms with Crippen molar-refractivity contribution in [2.75, 3.05) is 0 Å². The van der Waals surface area contributed by atoms with E-state index in [9.17, 15) is 9.50 Å². The van der Waals surface area contributed by atoms with Gasteiger partial charge in [0.25, 0.3) is 5.89 Å². The molecule has 0 spiro atoms. The molecule has 1 atom stereocenters. The molecule has 0 saturated heterocycles. The molecule has 0 saturated carbocycles. The van der Waals surface area contributed by atoms with Gasteiger partial charge in [-0.25, -0.2) is 4.39 Å². The van der Waals surface area contributed by atoms with Gasteiger partial charge in [-0.05, 0) is 25.1 Å². The fraction of sp³-hybridized carbons (Fsp3) is 0.200. The molecular weight excluding hydrogens is 279 g/mol. The Bertz CT molecular complexity index is 513. The number of rotatable bonds is 2. The Morgan fingerprint density at radius 2 is 2.25 bits per heavy atom. The minimum Gasteiger partial charge on any atom is -0.385 e. The Hall–Kier alpha value is -1.27. The van der Waals surface area contributed by atoms with Crippen LogP contribution in [0.1, 0.15) is 18.9 Å². The summed E-state index contributed by atoms with van der Waals surface area (Å²) in [4.78, 5) is 3.89. The van der Waals surface area contributed by atoms with Crippen molar-refractivity contribution in [3.05, 3.63) is 34.3 Å². The smallest absolute Gasteiger partial charge is 0.260 e. The van der Waals surface area contributed by atoms with Crippen molar-refractivity contribution in [3.8, 4) is 11.5 Å². The van der Waals surface area contributed by atoms with Crippen LogP contribution >= 0.6 is 15.9 Å². The van der Waals surface area contributed by atoms with E-state index in [1.807, 2.05) is 0 Å². The van der Waals surface area contributed by atoms with Gasteiger partial charge in [-0.1, -0.05) is 21.1 Å². The first kappa shape index (κ1) is 11.2. The van der Waals surface area contributed by atoms with Crippen LogP contribution in [0, 0.1) is 5.82 Å². The van der Waals surface area contributed by atoms with Crippen molar-refractivity contribution in [2.24, 2.45) is 0 Å². The number of aliphatic hydroxyl groups is 1. The Kier molecular flexibility index (Phi) is 3.02. The molecule has 0 bridgehead atoms. The van der Waals surface area contributed by atoms with Crippen molar-refractivity contribution >= 4 is 15.9 Å². The monoisotopic (exact) mass is 286 g/mol. The standard InChI is InChI=1S/C10H8BrFN2O2/c1-5(15)9-13-10(16-14-9)7-3-2-6(11)4-8(7)12/h2-5,15H,1H3. The minimum atomic E-state index is -0.837. The molecule has 0 aliphatic carbocycles. The van der Waals surface area contributed by atoms with Crippen molar-refractivity contribution < 1.29 is 14.0 Å². The highest BCUT2D eigenvalue weighted by Crippen LogP contribution is 2.24. The number of hydrogen-bond donors (Lipinski definition) is 1. The largest absolute Gasteiger partial charge is 0.385 e. The molecular formula is C10H8BrFN2O2. The molecule has 16 heavy (non-hydrogen) atoms. The molecule has 0 radical (unpaired) electrons. The molecule has 2 rings (SSSR count). The van der Waals surface area contributed by atoms with Crippen LogP contribution in [0.2, 0.25) is 0 Å². The van der Waals surface area contributed by atoms with E-state index in [1.54, 1.807) is 6.07 Å². The van der Waals surface area contributed by atoms with Gasteiger partial charge in [0, 0.05) is 4.47 Å². The van der Waals surface area contributed by atoms with Gasteiger partial charge in [-0.15, -0.1) is 0 Å². The second kappa shape index (κ2) is 4.31. The normalized spacial score (nSPS) is 12.8. The summed E-state index contributed by atoms with van der Waals surface area (Å²) in [6, 6.07) is 4.50. The summed E-state index contributed by atoms with van der Waals surface area (Å²) in [7, 11) is 0. The second-order valence-corrected chi connectivity index (χ2v) is 4.17. The lowest BCUT2D eigenvalue weighted by molar-refractivity contribution is 0.184. The van der Waals surface area contributed by atoms with Gasteiger partial charge in [0.15, 0.2) is 5.82 Å². The van der Waals surface area contributed by atoms with Crippen LogP contribution in [0.4, 0.5) is 4.39 Å². The zero-order valence-electron chi connectivity index (χ0n) is 8.32. The zero-order chi connectivity index (χ0) is 11.7. The van der Waals surface area contributed by atoms with Crippen LogP contribution < -0.4 is 0 Å². The van der Waals surface area contributed by atoms with Gasteiger partial charge in [0.2, 0.25) is 0 Å². The molecule has 0 amide bonds. The first-order valence-electron chi connectivity index (χ1n) is 4.55. The topological polar surface area (TPSA) is 59.2 Å². The lowest BCUT2D eigenvalue weighted by Crippen LogP contribution is -1.93. The summed E-state index contributed by atoms with van der Waals surface area (Å²) in [5, 5.41) is 12.8. The maximum Gasteiger partial charge on any atom is 0.260 e. The number of hydrogen-bond acceptors (Lipinski definition) is 4. The molecule has 1 heterocycles. The average molecular weight is 287 g/mol. The van der Waals surface area contributed by atoms with E-state index in [1.165, 1.54) is 19.1 Å². The summed E-state index contributed by atoms with van der Waals surface area (Å²) < 4.78 is 19.0. The summed E-state index contributed by atoms with van der Waals surface area (Å²) in [6.45, 7) is 1.51. The van der Waals surface area contributed by atoms with Gasteiger partial charge in [-0.2, -0.15) is 4.98 Å². The molecule has 1 unspecified atom stereocenters. The predicted octanol–water partition coefficient (Wildman–Crippen LogP) is 2.69. The van der Waals surface area contributed by atoms with E-state index >= 15 is 0 Å². The summed E-state index contributed by atoms with van der Waals surface area (Å²) in [5.41, 5.74) is 0.211. The molecule has 0 fully saturated rings. The van der Waals surface area contributed by atoms with Gasteiger partial charge < -0.3 is 9.63 Å². The maximum atomic E-state index is 13.5. The molecule has 6 heteroatoms. The molecule has 84 valence electrons. The van der Waals surface area contributed by atoms with Crippen molar-refractivity contribution in [2.45, 2.75) is 13.0 Å². The Morgan fingerprint density at radius 3 is 2.81 bits per heavy atom. The Balaban J connectivity index is 2.42. The van der Waals surface area contributed by atoms with E-state index in [2.05, 4.69) is 26.1 Å². The van der Waals surface area contributed by atoms with E-state index in [4.69, 9.17) is 4.52 Å². The molecule has 4 nitrogen and oxygen atoms in total. The quantitative estimate of drug-likeness (QED) is 0.922. The number of benzene rings is 1. The second-order valence-electron chi connectivity index (χ2n) is 3.26. The lowest BCUT2D eigenvalue weighted by Gasteiger charge is -1.97. The lowest BCUT2D eigenvalue weighted by atomic mass is 10.2. The fourth-order valence-corrected chi connectivity index (χ4v) is 1.51. The molecule has 1 aromatic heterocycles. The van der Waals surface area contributed by atoms with Crippen LogP contribution in [-0.2, 0) is 0 Å². The van der Waals surface area contributed by atoms with Crippen molar-refractivity contribution in [1.82, 2.24) is 10.1 Å². The first-order valence-corrected chi connectivity index (χ1v) is 5.34. The van der Waals surface area contributed by atoms with Crippen LogP contribution in [0.5, 0.6) is 0 Å². The molecule has 2 aromatic rings.